The summed E-state index contributed by atoms with van der Waals surface area (Å²) in [5.74, 6) is 0. The molecule has 2 rings (SSSR count). The molecule has 180 valence electrons. The fraction of sp³-hybridized carbons (Fsp3) is 0.643. The van der Waals surface area contributed by atoms with Gasteiger partial charge in [0, 0.05) is 5.39 Å². The van der Waals surface area contributed by atoms with Crippen LogP contribution >= 0.6 is 0 Å². The molecule has 0 heterocycles. The summed E-state index contributed by atoms with van der Waals surface area (Å²) in [5, 5.41) is 1.63. The van der Waals surface area contributed by atoms with E-state index in [1.54, 1.807) is 6.07 Å². The van der Waals surface area contributed by atoms with E-state index in [0.717, 1.165) is 43.1 Å². The monoisotopic (exact) mass is 482 g/mol. The van der Waals surface area contributed by atoms with Crippen LogP contribution in [0.1, 0.15) is 115 Å². The summed E-state index contributed by atoms with van der Waals surface area (Å²) in [6.07, 6.45) is 19.0. The first-order valence-corrected chi connectivity index (χ1v) is 14.4. The standard InChI is InChI=1S/C28H44O3S.Na/c1-3-5-7-9-11-13-15-18-24-22-23-25(19-16-14-12-10-8-6-4-2)28-26(24)20-17-21-27(28)32(29,30)31;/h17,20-23H,3-16,18-19H2,1-2H3,(H,29,30,31);/q;+1/p-1. The Morgan fingerprint density at radius 1 is 0.636 bits per heavy atom. The third kappa shape index (κ3) is 10.8. The van der Waals surface area contributed by atoms with Crippen molar-refractivity contribution in [2.24, 2.45) is 0 Å². The third-order valence-electron chi connectivity index (χ3n) is 6.55. The molecule has 5 heteroatoms. The van der Waals surface area contributed by atoms with Crippen LogP contribution in [0.25, 0.3) is 10.8 Å². The quantitative estimate of drug-likeness (QED) is 0.174. The molecular weight excluding hydrogens is 439 g/mol. The Balaban J connectivity index is 0.00000544. The molecule has 0 saturated carbocycles. The van der Waals surface area contributed by atoms with Crippen molar-refractivity contribution >= 4 is 20.9 Å². The first-order chi connectivity index (χ1) is 15.5. The average Bonchev–Trinajstić information content (AvgIpc) is 2.77. The van der Waals surface area contributed by atoms with Crippen LogP contribution in [0.3, 0.4) is 0 Å². The van der Waals surface area contributed by atoms with Crippen LogP contribution in [0.2, 0.25) is 0 Å². The normalized spacial score (nSPS) is 11.6. The minimum Gasteiger partial charge on any atom is -0.744 e. The Morgan fingerprint density at radius 2 is 1.09 bits per heavy atom. The van der Waals surface area contributed by atoms with Gasteiger partial charge in [0.25, 0.3) is 0 Å². The number of aryl methyl sites for hydroxylation is 2. The van der Waals surface area contributed by atoms with Gasteiger partial charge in [-0.1, -0.05) is 115 Å². The van der Waals surface area contributed by atoms with Gasteiger partial charge in [-0.25, -0.2) is 8.42 Å². The zero-order valence-electron chi connectivity index (χ0n) is 21.3. The Labute approximate surface area is 225 Å². The minimum atomic E-state index is -4.50. The van der Waals surface area contributed by atoms with Gasteiger partial charge in [-0.05, 0) is 48.3 Å². The molecule has 0 saturated heterocycles. The van der Waals surface area contributed by atoms with E-state index < -0.39 is 10.1 Å². The second-order valence-corrected chi connectivity index (χ2v) is 10.6. The summed E-state index contributed by atoms with van der Waals surface area (Å²) in [5.41, 5.74) is 2.18. The van der Waals surface area contributed by atoms with Gasteiger partial charge in [-0.3, -0.25) is 0 Å². The number of hydrogen-bond donors (Lipinski definition) is 0. The second kappa shape index (κ2) is 17.1. The molecule has 0 fully saturated rings. The zero-order chi connectivity index (χ0) is 23.2. The van der Waals surface area contributed by atoms with Crippen LogP contribution in [-0.2, 0) is 23.0 Å². The predicted octanol–water partition coefficient (Wildman–Crippen LogP) is 5.33. The minimum absolute atomic E-state index is 0. The van der Waals surface area contributed by atoms with Gasteiger partial charge < -0.3 is 4.55 Å². The second-order valence-electron chi connectivity index (χ2n) is 9.26. The summed E-state index contributed by atoms with van der Waals surface area (Å²) in [6.45, 7) is 4.46. The van der Waals surface area contributed by atoms with E-state index in [0.29, 0.717) is 5.39 Å². The molecule has 0 spiro atoms. The van der Waals surface area contributed by atoms with Crippen molar-refractivity contribution in [1.82, 2.24) is 0 Å². The van der Waals surface area contributed by atoms with E-state index in [4.69, 9.17) is 0 Å². The Hall–Kier alpha value is -0.390. The third-order valence-corrected chi connectivity index (χ3v) is 7.43. The van der Waals surface area contributed by atoms with Gasteiger partial charge in [-0.2, -0.15) is 0 Å². The SMILES string of the molecule is CCCCCCCCCc1ccc(CCCCCCCCC)c2c(S(=O)(=O)[O-])cccc12.[Na+]. The Morgan fingerprint density at radius 3 is 1.61 bits per heavy atom. The number of benzene rings is 2. The molecule has 0 aromatic heterocycles. The van der Waals surface area contributed by atoms with Crippen LogP contribution in [0.15, 0.2) is 35.2 Å². The van der Waals surface area contributed by atoms with Gasteiger partial charge in [0.05, 0.1) is 4.90 Å². The number of rotatable bonds is 17. The first kappa shape index (κ1) is 30.6. The van der Waals surface area contributed by atoms with E-state index in [1.807, 2.05) is 6.07 Å². The summed E-state index contributed by atoms with van der Waals surface area (Å²) in [6, 6.07) is 9.44. The van der Waals surface area contributed by atoms with Crippen LogP contribution in [0.5, 0.6) is 0 Å². The van der Waals surface area contributed by atoms with Gasteiger partial charge in [0.15, 0.2) is 0 Å². The molecule has 33 heavy (non-hydrogen) atoms. The number of unbranched alkanes of at least 4 members (excludes halogenated alkanes) is 12. The number of fused-ring (bicyclic) bond motifs is 1. The van der Waals surface area contributed by atoms with Gasteiger partial charge >= 0.3 is 29.6 Å². The molecule has 0 aliphatic carbocycles. The van der Waals surface area contributed by atoms with E-state index >= 15 is 0 Å². The van der Waals surface area contributed by atoms with Crippen molar-refractivity contribution in [3.05, 3.63) is 41.5 Å². The topological polar surface area (TPSA) is 57.2 Å². The molecule has 0 atom stereocenters. The molecular formula is C28H43NaO3S. The molecule has 0 radical (unpaired) electrons. The van der Waals surface area contributed by atoms with Crippen molar-refractivity contribution in [2.75, 3.05) is 0 Å². The number of hydrogen-bond acceptors (Lipinski definition) is 3. The molecule has 0 bridgehead atoms. The molecule has 0 aliphatic heterocycles. The predicted molar refractivity (Wildman–Crippen MR) is 135 cm³/mol. The van der Waals surface area contributed by atoms with Gasteiger partial charge in [0.1, 0.15) is 10.1 Å². The first-order valence-electron chi connectivity index (χ1n) is 13.0. The maximum atomic E-state index is 12.0. The molecule has 0 aliphatic rings. The molecule has 0 N–H and O–H groups in total. The van der Waals surface area contributed by atoms with Crippen LogP contribution in [-0.4, -0.2) is 13.0 Å². The maximum absolute atomic E-state index is 12.0. The van der Waals surface area contributed by atoms with E-state index in [-0.39, 0.29) is 34.5 Å². The van der Waals surface area contributed by atoms with Crippen molar-refractivity contribution in [3.8, 4) is 0 Å². The maximum Gasteiger partial charge on any atom is 1.00 e. The van der Waals surface area contributed by atoms with E-state index in [1.165, 1.54) is 82.3 Å². The van der Waals surface area contributed by atoms with E-state index in [2.05, 4.69) is 26.0 Å². The van der Waals surface area contributed by atoms with Crippen molar-refractivity contribution < 1.29 is 42.5 Å². The molecule has 2 aromatic carbocycles. The van der Waals surface area contributed by atoms with Crippen LogP contribution in [0, 0.1) is 0 Å². The largest absolute Gasteiger partial charge is 1.00 e. The average molecular weight is 483 g/mol. The fourth-order valence-corrected chi connectivity index (χ4v) is 5.42. The summed E-state index contributed by atoms with van der Waals surface area (Å²) in [4.78, 5) is -0.0469. The summed E-state index contributed by atoms with van der Waals surface area (Å²) < 4.78 is 36.1. The molecule has 0 amide bonds. The molecule has 2 aromatic rings. The van der Waals surface area contributed by atoms with Crippen LogP contribution < -0.4 is 29.6 Å². The van der Waals surface area contributed by atoms with E-state index in [9.17, 15) is 13.0 Å². The Kier molecular flexibility index (Phi) is 15.9. The van der Waals surface area contributed by atoms with Crippen molar-refractivity contribution in [2.45, 2.75) is 121 Å². The smallest absolute Gasteiger partial charge is 0.744 e. The summed E-state index contributed by atoms with van der Waals surface area (Å²) >= 11 is 0. The zero-order valence-corrected chi connectivity index (χ0v) is 24.1. The van der Waals surface area contributed by atoms with Crippen LogP contribution in [0.4, 0.5) is 0 Å². The van der Waals surface area contributed by atoms with Crippen molar-refractivity contribution in [1.29, 1.82) is 0 Å². The van der Waals surface area contributed by atoms with Gasteiger partial charge in [-0.15, -0.1) is 0 Å². The fourth-order valence-electron chi connectivity index (χ4n) is 4.68. The molecule has 0 unspecified atom stereocenters. The van der Waals surface area contributed by atoms with Crippen molar-refractivity contribution in [3.63, 3.8) is 0 Å². The summed E-state index contributed by atoms with van der Waals surface area (Å²) in [7, 11) is -4.50. The molecule has 3 nitrogen and oxygen atoms in total. The Bertz CT molecular complexity index is 909. The van der Waals surface area contributed by atoms with Gasteiger partial charge in [0.2, 0.25) is 0 Å².